The zero-order chi connectivity index (χ0) is 9.68. The van der Waals surface area contributed by atoms with E-state index in [-0.39, 0.29) is 5.92 Å². The van der Waals surface area contributed by atoms with Crippen LogP contribution in [0.15, 0.2) is 17.5 Å². The predicted molar refractivity (Wildman–Crippen MR) is 57.0 cm³/mol. The molecule has 0 saturated heterocycles. The number of thiophene rings is 1. The number of nitriles is 1. The maximum absolute atomic E-state index is 8.80. The molecule has 1 aromatic rings. The molecule has 0 radical (unpaired) electrons. The van der Waals surface area contributed by atoms with E-state index in [2.05, 4.69) is 29.3 Å². The molecule has 3 heteroatoms. The first kappa shape index (κ1) is 10.1. The average Bonchev–Trinajstić information content (AvgIpc) is 2.66. The lowest BCUT2D eigenvalue weighted by Gasteiger charge is -2.19. The molecule has 0 spiro atoms. The van der Waals surface area contributed by atoms with Gasteiger partial charge in [0.1, 0.15) is 0 Å². The molecule has 0 saturated carbocycles. The van der Waals surface area contributed by atoms with Crippen molar-refractivity contribution in [1.29, 1.82) is 5.26 Å². The first-order valence-corrected chi connectivity index (χ1v) is 5.30. The summed E-state index contributed by atoms with van der Waals surface area (Å²) < 4.78 is 0. The monoisotopic (exact) mass is 194 g/mol. The molecular formula is C10H14N2S. The second kappa shape index (κ2) is 4.88. The maximum Gasteiger partial charge on any atom is 0.0906 e. The summed E-state index contributed by atoms with van der Waals surface area (Å²) in [5, 5.41) is 12.1. The van der Waals surface area contributed by atoms with Gasteiger partial charge in [-0.25, -0.2) is 0 Å². The lowest BCUT2D eigenvalue weighted by Crippen LogP contribution is -2.23. The van der Waals surface area contributed by atoms with Crippen molar-refractivity contribution in [3.05, 3.63) is 17.5 Å². The van der Waals surface area contributed by atoms with E-state index in [9.17, 15) is 0 Å². The van der Waals surface area contributed by atoms with E-state index < -0.39 is 0 Å². The van der Waals surface area contributed by atoms with Crippen LogP contribution in [-0.4, -0.2) is 13.6 Å². The molecule has 0 aliphatic carbocycles. The van der Waals surface area contributed by atoms with Crippen molar-refractivity contribution in [2.45, 2.75) is 13.3 Å². The van der Waals surface area contributed by atoms with Gasteiger partial charge in [-0.15, -0.1) is 11.3 Å². The highest BCUT2D eigenvalue weighted by atomic mass is 32.1. The third kappa shape index (κ3) is 2.74. The SMILES string of the molecule is CCC(C#N)CN(C)c1cccs1. The van der Waals surface area contributed by atoms with Crippen LogP contribution in [0.25, 0.3) is 0 Å². The van der Waals surface area contributed by atoms with E-state index in [0.29, 0.717) is 0 Å². The first-order valence-electron chi connectivity index (χ1n) is 4.42. The third-order valence-corrected chi connectivity index (χ3v) is 3.03. The molecule has 0 aliphatic rings. The zero-order valence-electron chi connectivity index (χ0n) is 8.03. The van der Waals surface area contributed by atoms with Gasteiger partial charge in [-0.1, -0.05) is 6.92 Å². The molecule has 13 heavy (non-hydrogen) atoms. The fourth-order valence-corrected chi connectivity index (χ4v) is 1.88. The maximum atomic E-state index is 8.80. The van der Waals surface area contributed by atoms with Gasteiger partial charge in [0.25, 0.3) is 0 Å². The van der Waals surface area contributed by atoms with Gasteiger partial charge < -0.3 is 4.90 Å². The Morgan fingerprint density at radius 1 is 1.69 bits per heavy atom. The molecule has 0 aliphatic heterocycles. The minimum absolute atomic E-state index is 0.145. The molecule has 0 aromatic carbocycles. The molecule has 70 valence electrons. The quantitative estimate of drug-likeness (QED) is 0.737. The number of nitrogens with zero attached hydrogens (tertiary/aromatic N) is 2. The highest BCUT2D eigenvalue weighted by Gasteiger charge is 2.09. The van der Waals surface area contributed by atoms with Crippen molar-refractivity contribution < 1.29 is 0 Å². The van der Waals surface area contributed by atoms with E-state index in [0.717, 1.165) is 13.0 Å². The van der Waals surface area contributed by atoms with Crippen LogP contribution in [0.5, 0.6) is 0 Å². The summed E-state index contributed by atoms with van der Waals surface area (Å²) in [4.78, 5) is 2.14. The van der Waals surface area contributed by atoms with Gasteiger partial charge in [-0.05, 0) is 23.9 Å². The molecule has 1 heterocycles. The summed E-state index contributed by atoms with van der Waals surface area (Å²) in [7, 11) is 2.03. The lowest BCUT2D eigenvalue weighted by molar-refractivity contribution is 0.633. The topological polar surface area (TPSA) is 27.0 Å². The van der Waals surface area contributed by atoms with Gasteiger partial charge in [-0.3, -0.25) is 0 Å². The van der Waals surface area contributed by atoms with Crippen molar-refractivity contribution >= 4 is 16.3 Å². The van der Waals surface area contributed by atoms with Crippen LogP contribution in [-0.2, 0) is 0 Å². The summed E-state index contributed by atoms with van der Waals surface area (Å²) in [6.45, 7) is 2.88. The van der Waals surface area contributed by atoms with Gasteiger partial charge >= 0.3 is 0 Å². The van der Waals surface area contributed by atoms with Crippen molar-refractivity contribution in [2.75, 3.05) is 18.5 Å². The number of rotatable bonds is 4. The minimum Gasteiger partial charge on any atom is -0.365 e. The Morgan fingerprint density at radius 3 is 2.92 bits per heavy atom. The second-order valence-corrected chi connectivity index (χ2v) is 3.99. The van der Waals surface area contributed by atoms with Crippen LogP contribution in [0.4, 0.5) is 5.00 Å². The molecule has 0 amide bonds. The largest absolute Gasteiger partial charge is 0.365 e. The van der Waals surface area contributed by atoms with Crippen molar-refractivity contribution in [1.82, 2.24) is 0 Å². The first-order chi connectivity index (χ1) is 6.27. The number of hydrogen-bond donors (Lipinski definition) is 0. The fraction of sp³-hybridized carbons (Fsp3) is 0.500. The number of hydrogen-bond acceptors (Lipinski definition) is 3. The lowest BCUT2D eigenvalue weighted by atomic mass is 10.1. The summed E-state index contributed by atoms with van der Waals surface area (Å²) in [6, 6.07) is 6.42. The third-order valence-electron chi connectivity index (χ3n) is 2.05. The summed E-state index contributed by atoms with van der Waals surface area (Å²) in [5.41, 5.74) is 0. The Labute approximate surface area is 83.4 Å². The normalized spacial score (nSPS) is 12.1. The number of anilines is 1. The van der Waals surface area contributed by atoms with Crippen LogP contribution in [0.2, 0.25) is 0 Å². The predicted octanol–water partition coefficient (Wildman–Crippen LogP) is 2.73. The van der Waals surface area contributed by atoms with Crippen LogP contribution < -0.4 is 4.90 Å². The Balaban J connectivity index is 2.51. The van der Waals surface area contributed by atoms with E-state index in [4.69, 9.17) is 5.26 Å². The molecule has 2 nitrogen and oxygen atoms in total. The van der Waals surface area contributed by atoms with Crippen LogP contribution in [0.1, 0.15) is 13.3 Å². The Hall–Kier alpha value is -1.01. The summed E-state index contributed by atoms with van der Waals surface area (Å²) in [6.07, 6.45) is 0.923. The molecule has 1 unspecified atom stereocenters. The minimum atomic E-state index is 0.145. The van der Waals surface area contributed by atoms with E-state index in [1.165, 1.54) is 5.00 Å². The second-order valence-electron chi connectivity index (χ2n) is 3.07. The molecule has 0 N–H and O–H groups in total. The highest BCUT2D eigenvalue weighted by Crippen LogP contribution is 2.20. The van der Waals surface area contributed by atoms with E-state index in [1.54, 1.807) is 11.3 Å². The van der Waals surface area contributed by atoms with E-state index in [1.807, 2.05) is 13.1 Å². The molecular weight excluding hydrogens is 180 g/mol. The molecule has 0 bridgehead atoms. The standard InChI is InChI=1S/C10H14N2S/c1-3-9(7-11)8-12(2)10-5-4-6-13-10/h4-6,9H,3,8H2,1-2H3. The smallest absolute Gasteiger partial charge is 0.0906 e. The van der Waals surface area contributed by atoms with Gasteiger partial charge in [0.2, 0.25) is 0 Å². The fourth-order valence-electron chi connectivity index (χ4n) is 1.17. The summed E-state index contributed by atoms with van der Waals surface area (Å²) >= 11 is 1.71. The van der Waals surface area contributed by atoms with Gasteiger partial charge in [0.05, 0.1) is 17.0 Å². The van der Waals surface area contributed by atoms with E-state index >= 15 is 0 Å². The highest BCUT2D eigenvalue weighted by molar-refractivity contribution is 7.14. The zero-order valence-corrected chi connectivity index (χ0v) is 8.84. The Kier molecular flexibility index (Phi) is 3.78. The van der Waals surface area contributed by atoms with Gasteiger partial charge in [0.15, 0.2) is 0 Å². The van der Waals surface area contributed by atoms with Crippen LogP contribution in [0.3, 0.4) is 0 Å². The van der Waals surface area contributed by atoms with Crippen molar-refractivity contribution in [2.24, 2.45) is 5.92 Å². The van der Waals surface area contributed by atoms with Gasteiger partial charge in [-0.2, -0.15) is 5.26 Å². The Bertz CT molecular complexity index is 274. The summed E-state index contributed by atoms with van der Waals surface area (Å²) in [5.74, 6) is 0.145. The Morgan fingerprint density at radius 2 is 2.46 bits per heavy atom. The van der Waals surface area contributed by atoms with Crippen molar-refractivity contribution in [3.63, 3.8) is 0 Å². The molecule has 0 fully saturated rings. The molecule has 1 atom stereocenters. The van der Waals surface area contributed by atoms with Gasteiger partial charge in [0, 0.05) is 13.6 Å². The molecule has 1 aromatic heterocycles. The van der Waals surface area contributed by atoms with Crippen LogP contribution in [0, 0.1) is 17.2 Å². The molecule has 1 rings (SSSR count). The van der Waals surface area contributed by atoms with Crippen molar-refractivity contribution in [3.8, 4) is 6.07 Å². The van der Waals surface area contributed by atoms with Crippen LogP contribution >= 0.6 is 11.3 Å². The average molecular weight is 194 g/mol.